The Morgan fingerprint density at radius 2 is 2.05 bits per heavy atom. The molecular formula is C14H22N4O. The standard InChI is InChI=1S/C14H22N4O/c1-3-13-10-18(9-8-17(13)2)14(19)16-12-6-4-11(15)5-7-12/h4-7,13H,3,8-10,15H2,1-2H3,(H,16,19). The number of benzene rings is 1. The van der Waals surface area contributed by atoms with Crippen LogP contribution in [0.2, 0.25) is 0 Å². The number of nitrogens with zero attached hydrogens (tertiary/aromatic N) is 2. The number of likely N-dealkylation sites (N-methyl/N-ethyl adjacent to an activating group) is 1. The molecule has 1 heterocycles. The highest BCUT2D eigenvalue weighted by Crippen LogP contribution is 2.14. The maximum Gasteiger partial charge on any atom is 0.321 e. The summed E-state index contributed by atoms with van der Waals surface area (Å²) in [5.74, 6) is 0. The van der Waals surface area contributed by atoms with Gasteiger partial charge >= 0.3 is 6.03 Å². The van der Waals surface area contributed by atoms with Crippen LogP contribution in [0.5, 0.6) is 0 Å². The number of hydrogen-bond donors (Lipinski definition) is 2. The first-order valence-corrected chi connectivity index (χ1v) is 6.72. The van der Waals surface area contributed by atoms with E-state index in [2.05, 4.69) is 24.2 Å². The summed E-state index contributed by atoms with van der Waals surface area (Å²) in [6.07, 6.45) is 1.06. The zero-order chi connectivity index (χ0) is 13.8. The number of nitrogens with one attached hydrogen (secondary N) is 1. The van der Waals surface area contributed by atoms with Crippen molar-refractivity contribution in [2.24, 2.45) is 0 Å². The topological polar surface area (TPSA) is 61.6 Å². The predicted molar refractivity (Wildman–Crippen MR) is 78.2 cm³/mol. The van der Waals surface area contributed by atoms with Crippen LogP contribution in [0.4, 0.5) is 16.2 Å². The molecule has 1 aromatic carbocycles. The fourth-order valence-corrected chi connectivity index (χ4v) is 2.34. The molecule has 1 unspecified atom stereocenters. The van der Waals surface area contributed by atoms with Crippen molar-refractivity contribution >= 4 is 17.4 Å². The molecule has 1 aromatic rings. The Balaban J connectivity index is 1.94. The largest absolute Gasteiger partial charge is 0.399 e. The summed E-state index contributed by atoms with van der Waals surface area (Å²) in [4.78, 5) is 16.4. The van der Waals surface area contributed by atoms with E-state index in [-0.39, 0.29) is 6.03 Å². The van der Waals surface area contributed by atoms with Crippen LogP contribution in [0.1, 0.15) is 13.3 Å². The molecule has 0 aromatic heterocycles. The second kappa shape index (κ2) is 5.93. The van der Waals surface area contributed by atoms with Gasteiger partial charge in [-0.25, -0.2) is 4.79 Å². The molecule has 1 fully saturated rings. The van der Waals surface area contributed by atoms with E-state index in [0.29, 0.717) is 11.7 Å². The molecule has 1 atom stereocenters. The van der Waals surface area contributed by atoms with Gasteiger partial charge in [0, 0.05) is 37.1 Å². The van der Waals surface area contributed by atoms with E-state index in [9.17, 15) is 4.79 Å². The van der Waals surface area contributed by atoms with Crippen molar-refractivity contribution in [1.82, 2.24) is 9.80 Å². The van der Waals surface area contributed by atoms with Gasteiger partial charge in [0.2, 0.25) is 0 Å². The third-order valence-electron chi connectivity index (χ3n) is 3.70. The summed E-state index contributed by atoms with van der Waals surface area (Å²) in [5.41, 5.74) is 7.10. The lowest BCUT2D eigenvalue weighted by molar-refractivity contribution is 0.114. The van der Waals surface area contributed by atoms with Gasteiger partial charge in [0.15, 0.2) is 0 Å². The molecule has 104 valence electrons. The highest BCUT2D eigenvalue weighted by atomic mass is 16.2. The Morgan fingerprint density at radius 3 is 2.68 bits per heavy atom. The summed E-state index contributed by atoms with van der Waals surface area (Å²) < 4.78 is 0. The van der Waals surface area contributed by atoms with Crippen LogP contribution in [-0.2, 0) is 0 Å². The average Bonchev–Trinajstić information content (AvgIpc) is 2.42. The first-order chi connectivity index (χ1) is 9.10. The van der Waals surface area contributed by atoms with Gasteiger partial charge in [-0.05, 0) is 37.7 Å². The number of nitrogen functional groups attached to an aromatic ring is 1. The van der Waals surface area contributed by atoms with Crippen LogP contribution in [0.3, 0.4) is 0 Å². The van der Waals surface area contributed by atoms with Crippen molar-refractivity contribution in [3.8, 4) is 0 Å². The Hall–Kier alpha value is -1.75. The zero-order valence-corrected chi connectivity index (χ0v) is 11.6. The lowest BCUT2D eigenvalue weighted by atomic mass is 10.1. The SMILES string of the molecule is CCC1CN(C(=O)Nc2ccc(N)cc2)CCN1C. The number of carbonyl (C=O) groups excluding carboxylic acids is 1. The minimum atomic E-state index is -0.0312. The molecule has 3 N–H and O–H groups in total. The molecule has 1 aliphatic rings. The Bertz CT molecular complexity index is 432. The second-order valence-electron chi connectivity index (χ2n) is 5.04. The van der Waals surface area contributed by atoms with Gasteiger partial charge in [0.25, 0.3) is 0 Å². The van der Waals surface area contributed by atoms with Gasteiger partial charge in [-0.2, -0.15) is 0 Å². The van der Waals surface area contributed by atoms with E-state index in [1.807, 2.05) is 17.0 Å². The van der Waals surface area contributed by atoms with Crippen molar-refractivity contribution in [2.75, 3.05) is 37.7 Å². The van der Waals surface area contributed by atoms with E-state index in [1.165, 1.54) is 0 Å². The average molecular weight is 262 g/mol. The van der Waals surface area contributed by atoms with Crippen molar-refractivity contribution < 1.29 is 4.79 Å². The Morgan fingerprint density at radius 1 is 1.37 bits per heavy atom. The summed E-state index contributed by atoms with van der Waals surface area (Å²) >= 11 is 0. The van der Waals surface area contributed by atoms with Crippen LogP contribution < -0.4 is 11.1 Å². The lowest BCUT2D eigenvalue weighted by Gasteiger charge is -2.39. The minimum Gasteiger partial charge on any atom is -0.399 e. The highest BCUT2D eigenvalue weighted by molar-refractivity contribution is 5.89. The fraction of sp³-hybridized carbons (Fsp3) is 0.500. The van der Waals surface area contributed by atoms with E-state index >= 15 is 0 Å². The van der Waals surface area contributed by atoms with Gasteiger partial charge in [-0.15, -0.1) is 0 Å². The first kappa shape index (κ1) is 13.7. The normalized spacial score (nSPS) is 20.3. The molecular weight excluding hydrogens is 240 g/mol. The van der Waals surface area contributed by atoms with Gasteiger partial charge < -0.3 is 16.0 Å². The van der Waals surface area contributed by atoms with Crippen molar-refractivity contribution in [3.63, 3.8) is 0 Å². The molecule has 0 radical (unpaired) electrons. The summed E-state index contributed by atoms with van der Waals surface area (Å²) in [7, 11) is 2.11. The van der Waals surface area contributed by atoms with E-state index in [4.69, 9.17) is 5.73 Å². The number of rotatable bonds is 2. The molecule has 1 aliphatic heterocycles. The van der Waals surface area contributed by atoms with Gasteiger partial charge in [-0.1, -0.05) is 6.92 Å². The van der Waals surface area contributed by atoms with Crippen molar-refractivity contribution in [2.45, 2.75) is 19.4 Å². The first-order valence-electron chi connectivity index (χ1n) is 6.72. The predicted octanol–water partition coefficient (Wildman–Crippen LogP) is 1.83. The summed E-state index contributed by atoms with van der Waals surface area (Å²) in [6, 6.07) is 7.63. The maximum atomic E-state index is 12.2. The van der Waals surface area contributed by atoms with Gasteiger partial charge in [-0.3, -0.25) is 4.90 Å². The molecule has 2 rings (SSSR count). The van der Waals surface area contributed by atoms with E-state index in [1.54, 1.807) is 12.1 Å². The third kappa shape index (κ3) is 3.38. The molecule has 5 nitrogen and oxygen atoms in total. The number of amides is 2. The van der Waals surface area contributed by atoms with Crippen molar-refractivity contribution in [3.05, 3.63) is 24.3 Å². The maximum absolute atomic E-state index is 12.2. The minimum absolute atomic E-state index is 0.0312. The van der Waals surface area contributed by atoms with E-state index < -0.39 is 0 Å². The molecule has 19 heavy (non-hydrogen) atoms. The van der Waals surface area contributed by atoms with E-state index in [0.717, 1.165) is 31.7 Å². The molecule has 0 spiro atoms. The van der Waals surface area contributed by atoms with Gasteiger partial charge in [0.05, 0.1) is 0 Å². The van der Waals surface area contributed by atoms with Crippen LogP contribution in [-0.4, -0.2) is 48.6 Å². The van der Waals surface area contributed by atoms with Crippen LogP contribution in [0.25, 0.3) is 0 Å². The number of nitrogens with two attached hydrogens (primary N) is 1. The number of hydrogen-bond acceptors (Lipinski definition) is 3. The third-order valence-corrected chi connectivity index (χ3v) is 3.70. The highest BCUT2D eigenvalue weighted by Gasteiger charge is 2.25. The van der Waals surface area contributed by atoms with Crippen LogP contribution in [0, 0.1) is 0 Å². The molecule has 5 heteroatoms. The number of urea groups is 1. The molecule has 0 saturated carbocycles. The quantitative estimate of drug-likeness (QED) is 0.799. The van der Waals surface area contributed by atoms with Crippen LogP contribution in [0.15, 0.2) is 24.3 Å². The smallest absolute Gasteiger partial charge is 0.321 e. The van der Waals surface area contributed by atoms with Crippen molar-refractivity contribution in [1.29, 1.82) is 0 Å². The molecule has 1 saturated heterocycles. The van der Waals surface area contributed by atoms with Gasteiger partial charge in [0.1, 0.15) is 0 Å². The number of carbonyl (C=O) groups is 1. The number of anilines is 2. The Kier molecular flexibility index (Phi) is 4.27. The molecule has 0 aliphatic carbocycles. The fourth-order valence-electron chi connectivity index (χ4n) is 2.34. The van der Waals surface area contributed by atoms with Crippen LogP contribution >= 0.6 is 0 Å². The summed E-state index contributed by atoms with van der Waals surface area (Å²) in [5, 5.41) is 2.91. The number of piperazine rings is 1. The molecule has 0 bridgehead atoms. The lowest BCUT2D eigenvalue weighted by Crippen LogP contribution is -2.53. The second-order valence-corrected chi connectivity index (χ2v) is 5.04. The zero-order valence-electron chi connectivity index (χ0n) is 11.6. The Labute approximate surface area is 114 Å². The monoisotopic (exact) mass is 262 g/mol. The summed E-state index contributed by atoms with van der Waals surface area (Å²) in [6.45, 7) is 4.64. The molecule has 2 amide bonds.